The van der Waals surface area contributed by atoms with E-state index < -0.39 is 35.5 Å². The smallest absolute Gasteiger partial charge is 0.324 e. The molecule has 5 aliphatic heterocycles. The molecule has 0 aliphatic carbocycles. The maximum absolute atomic E-state index is 14.8. The Hall–Kier alpha value is -4.30. The molecule has 17 nitrogen and oxygen atoms in total. The Balaban J connectivity index is 1.29. The molecule has 1 unspecified atom stereocenters. The highest BCUT2D eigenvalue weighted by atomic mass is 32.2. The summed E-state index contributed by atoms with van der Waals surface area (Å²) in [7, 11) is 5.50. The molecule has 68 heavy (non-hydrogen) atoms. The molecule has 372 valence electrons. The number of cyclic esters (lactones) is 1. The summed E-state index contributed by atoms with van der Waals surface area (Å²) in [6, 6.07) is 6.31. The molecule has 6 bridgehead atoms. The SMILES string of the molecule is CCO[C@@H]1C2=NC(CS2)c2ccc3c(c2)c(c(-c2cc(N4CCN(C)CC4)cnc2[C@H](C)OC)n3CCOC(C)C)CC(C)(C)COC(=O)[C@@H]2CCCN(N2)C(=O)[C@H]1NC(=O)N1CC[C@H]1COC. The fourth-order valence-electron chi connectivity index (χ4n) is 10.0. The minimum atomic E-state index is -1.13. The second kappa shape index (κ2) is 21.8. The van der Waals surface area contributed by atoms with Crippen molar-refractivity contribution in [2.75, 3.05) is 97.6 Å². The first-order valence-corrected chi connectivity index (χ1v) is 25.5. The number of aliphatic imine (C=N–C) groups is 1. The topological polar surface area (TPSA) is 165 Å². The van der Waals surface area contributed by atoms with Gasteiger partial charge in [-0.1, -0.05) is 19.9 Å². The standard InChI is InChI=1S/C50H73N9O8S/c1-10-65-45-43(53-49(62)57-17-15-34(57)28-63-8)47(60)59-16-11-12-39(54-59)48(61)67-30-50(5,6)26-38-36-24-33(40-29-68-46(45)52-40)13-14-41(36)58(22-23-66-31(2)3)44(38)37-25-35(27-51-42(37)32(4)64-9)56-20-18-55(7)19-21-56/h13-14,24-25,27,31-32,34,39-40,43,45,54H,10-12,15-23,26,28-30H2,1-9H3,(H,53,62)/t32-,34-,39-,40?,43-,45-/m0/s1. The van der Waals surface area contributed by atoms with Gasteiger partial charge in [-0.3, -0.25) is 24.6 Å². The zero-order chi connectivity index (χ0) is 48.3. The molecule has 2 N–H and O–H groups in total. The lowest BCUT2D eigenvalue weighted by molar-refractivity contribution is -0.155. The van der Waals surface area contributed by atoms with Crippen LogP contribution in [-0.4, -0.2) is 170 Å². The first-order chi connectivity index (χ1) is 32.7. The quantitative estimate of drug-likeness (QED) is 0.204. The third kappa shape index (κ3) is 10.9. The third-order valence-electron chi connectivity index (χ3n) is 14.0. The summed E-state index contributed by atoms with van der Waals surface area (Å²) >= 11 is 1.55. The fourth-order valence-corrected chi connectivity index (χ4v) is 11.2. The predicted octanol–water partition coefficient (Wildman–Crippen LogP) is 5.60. The predicted molar refractivity (Wildman–Crippen MR) is 265 cm³/mol. The normalized spacial score (nSPS) is 25.3. The molecule has 1 aromatic carbocycles. The van der Waals surface area contributed by atoms with E-state index in [9.17, 15) is 14.4 Å². The van der Waals surface area contributed by atoms with Gasteiger partial charge in [-0.15, -0.1) is 11.8 Å². The number of likely N-dealkylation sites (tertiary alicyclic amines) is 1. The molecule has 2 aromatic heterocycles. The molecule has 5 aliphatic rings. The van der Waals surface area contributed by atoms with Crippen molar-refractivity contribution in [2.45, 2.75) is 116 Å². The zero-order valence-corrected chi connectivity index (χ0v) is 42.4. The number of hydrazine groups is 1. The van der Waals surface area contributed by atoms with Crippen molar-refractivity contribution in [3.8, 4) is 11.3 Å². The molecule has 3 saturated heterocycles. The van der Waals surface area contributed by atoms with Crippen molar-refractivity contribution in [1.82, 2.24) is 35.1 Å². The number of carbonyl (C=O) groups is 3. The number of amides is 3. The average Bonchev–Trinajstić information content (AvgIpc) is 3.92. The number of nitrogens with one attached hydrogen (secondary N) is 2. The van der Waals surface area contributed by atoms with Crippen LogP contribution in [0.3, 0.4) is 0 Å². The van der Waals surface area contributed by atoms with Gasteiger partial charge in [-0.05, 0) is 89.8 Å². The number of piperazine rings is 1. The van der Waals surface area contributed by atoms with Crippen LogP contribution in [0.5, 0.6) is 0 Å². The minimum Gasteiger partial charge on any atom is -0.464 e. The van der Waals surface area contributed by atoms with E-state index in [2.05, 4.69) is 84.1 Å². The number of ether oxygens (including phenoxy) is 5. The zero-order valence-electron chi connectivity index (χ0n) is 41.5. The molecule has 0 saturated carbocycles. The number of thioether (sulfide) groups is 1. The van der Waals surface area contributed by atoms with Crippen LogP contribution in [0.1, 0.15) is 89.8 Å². The molecule has 3 aromatic rings. The molecule has 0 spiro atoms. The van der Waals surface area contributed by atoms with Crippen molar-refractivity contribution >= 4 is 51.3 Å². The lowest BCUT2D eigenvalue weighted by Crippen LogP contribution is -2.66. The van der Waals surface area contributed by atoms with Crippen LogP contribution in [0.2, 0.25) is 0 Å². The number of hydrogen-bond donors (Lipinski definition) is 2. The van der Waals surface area contributed by atoms with Gasteiger partial charge in [0.05, 0.1) is 67.4 Å². The summed E-state index contributed by atoms with van der Waals surface area (Å²) in [5.41, 5.74) is 9.79. The highest BCUT2D eigenvalue weighted by Gasteiger charge is 2.44. The first-order valence-electron chi connectivity index (χ1n) is 24.6. The van der Waals surface area contributed by atoms with Gasteiger partial charge in [0.25, 0.3) is 5.91 Å². The third-order valence-corrected chi connectivity index (χ3v) is 15.1. The Kier molecular flexibility index (Phi) is 16.0. The highest BCUT2D eigenvalue weighted by Crippen LogP contribution is 2.44. The summed E-state index contributed by atoms with van der Waals surface area (Å²) in [6.07, 6.45) is 3.28. The summed E-state index contributed by atoms with van der Waals surface area (Å²) in [5, 5.41) is 6.24. The maximum atomic E-state index is 14.8. The van der Waals surface area contributed by atoms with Crippen LogP contribution in [0, 0.1) is 5.41 Å². The number of anilines is 1. The van der Waals surface area contributed by atoms with Crippen LogP contribution < -0.4 is 15.6 Å². The largest absolute Gasteiger partial charge is 0.464 e. The van der Waals surface area contributed by atoms with Gasteiger partial charge in [0.15, 0.2) is 0 Å². The number of benzene rings is 1. The van der Waals surface area contributed by atoms with Crippen LogP contribution in [0.25, 0.3) is 22.2 Å². The van der Waals surface area contributed by atoms with E-state index in [0.717, 1.165) is 77.3 Å². The van der Waals surface area contributed by atoms with Crippen molar-refractivity contribution < 1.29 is 38.1 Å². The highest BCUT2D eigenvalue weighted by molar-refractivity contribution is 8.14. The number of nitrogens with zero attached hydrogens (tertiary/aromatic N) is 7. The van der Waals surface area contributed by atoms with Gasteiger partial charge in [-0.25, -0.2) is 10.2 Å². The van der Waals surface area contributed by atoms with Gasteiger partial charge in [0.2, 0.25) is 0 Å². The monoisotopic (exact) mass is 960 g/mol. The average molecular weight is 960 g/mol. The van der Waals surface area contributed by atoms with Gasteiger partial charge >= 0.3 is 12.0 Å². The molecular formula is C50H73N9O8S. The minimum absolute atomic E-state index is 0.0481. The lowest BCUT2D eigenvalue weighted by atomic mass is 9.84. The van der Waals surface area contributed by atoms with Crippen LogP contribution >= 0.6 is 11.8 Å². The van der Waals surface area contributed by atoms with Gasteiger partial charge in [-0.2, -0.15) is 0 Å². The van der Waals surface area contributed by atoms with Crippen LogP contribution in [-0.2, 0) is 46.2 Å². The lowest BCUT2D eigenvalue weighted by Gasteiger charge is -2.42. The molecule has 3 amide bonds. The number of esters is 1. The number of likely N-dealkylation sites (N-methyl/N-ethyl adjacent to an activating group) is 1. The van der Waals surface area contributed by atoms with E-state index in [4.69, 9.17) is 33.7 Å². The van der Waals surface area contributed by atoms with Crippen molar-refractivity contribution in [3.63, 3.8) is 0 Å². The van der Waals surface area contributed by atoms with E-state index in [1.54, 1.807) is 30.9 Å². The summed E-state index contributed by atoms with van der Waals surface area (Å²) in [6.45, 7) is 18.8. The Labute approximate surface area is 405 Å². The Morgan fingerprint density at radius 2 is 1.85 bits per heavy atom. The van der Waals surface area contributed by atoms with Gasteiger partial charge in [0, 0.05) is 94.3 Å². The summed E-state index contributed by atoms with van der Waals surface area (Å²) < 4.78 is 32.8. The van der Waals surface area contributed by atoms with Crippen molar-refractivity contribution in [3.05, 3.63) is 47.3 Å². The summed E-state index contributed by atoms with van der Waals surface area (Å²) in [5.74, 6) is -0.214. The molecule has 6 atom stereocenters. The maximum Gasteiger partial charge on any atom is 0.324 e. The molecule has 8 rings (SSSR count). The molecule has 18 heteroatoms. The van der Waals surface area contributed by atoms with E-state index in [1.165, 1.54) is 5.01 Å². The molecular weight excluding hydrogens is 887 g/mol. The van der Waals surface area contributed by atoms with Gasteiger partial charge in [0.1, 0.15) is 23.2 Å². The van der Waals surface area contributed by atoms with Crippen molar-refractivity contribution in [2.24, 2.45) is 10.4 Å². The fraction of sp³-hybridized carbons (Fsp3) is 0.660. The second-order valence-electron chi connectivity index (χ2n) is 19.9. The number of carbonyl (C=O) groups excluding carboxylic acids is 3. The van der Waals surface area contributed by atoms with Gasteiger partial charge < -0.3 is 48.3 Å². The molecule has 3 fully saturated rings. The number of aromatic nitrogens is 2. The van der Waals surface area contributed by atoms with Crippen LogP contribution in [0.4, 0.5) is 10.5 Å². The Bertz CT molecular complexity index is 2310. The van der Waals surface area contributed by atoms with E-state index in [1.807, 2.05) is 20.0 Å². The molecule has 7 heterocycles. The number of rotatable bonds is 13. The number of urea groups is 1. The molecule has 0 radical (unpaired) electrons. The number of hydrogen-bond acceptors (Lipinski definition) is 14. The number of pyridine rings is 1. The van der Waals surface area contributed by atoms with E-state index in [-0.39, 0.29) is 43.5 Å². The number of methoxy groups -OCH3 is 2. The van der Waals surface area contributed by atoms with Crippen molar-refractivity contribution in [1.29, 1.82) is 0 Å². The Morgan fingerprint density at radius 3 is 2.56 bits per heavy atom. The number of fused-ring (bicyclic) bond motifs is 5. The summed E-state index contributed by atoms with van der Waals surface area (Å²) in [4.78, 5) is 59.9. The Morgan fingerprint density at radius 1 is 1.06 bits per heavy atom. The van der Waals surface area contributed by atoms with E-state index in [0.29, 0.717) is 62.9 Å². The van der Waals surface area contributed by atoms with Crippen LogP contribution in [0.15, 0.2) is 35.5 Å². The first kappa shape index (κ1) is 50.1. The van der Waals surface area contributed by atoms with E-state index >= 15 is 0 Å². The second-order valence-corrected chi connectivity index (χ2v) is 21.0.